The highest BCUT2D eigenvalue weighted by Crippen LogP contribution is 2.12. The number of para-hydroxylation sites is 1. The number of hydrogen-bond donors (Lipinski definition) is 2. The quantitative estimate of drug-likeness (QED) is 0.676. The minimum absolute atomic E-state index is 0.0746. The molecular weight excluding hydrogens is 330 g/mol. The Bertz CT molecular complexity index is 702. The summed E-state index contributed by atoms with van der Waals surface area (Å²) in [6.45, 7) is 3.79. The molecule has 0 bridgehead atoms. The minimum Gasteiger partial charge on any atom is -0.497 e. The third kappa shape index (κ3) is 5.81. The van der Waals surface area contributed by atoms with Gasteiger partial charge in [-0.15, -0.1) is 0 Å². The summed E-state index contributed by atoms with van der Waals surface area (Å²) in [6, 6.07) is 16.7. The number of ether oxygens (including phenoxy) is 1. The molecule has 0 radical (unpaired) electrons. The van der Waals surface area contributed by atoms with E-state index in [1.54, 1.807) is 31.4 Å². The van der Waals surface area contributed by atoms with Gasteiger partial charge in [-0.2, -0.15) is 0 Å². The molecule has 2 aromatic rings. The number of likely N-dealkylation sites (N-methyl/N-ethyl adjacent to an activating group) is 1. The zero-order valence-corrected chi connectivity index (χ0v) is 15.2. The number of benzene rings is 2. The highest BCUT2D eigenvalue weighted by Gasteiger charge is 2.10. The first-order chi connectivity index (χ1) is 12.6. The van der Waals surface area contributed by atoms with Crippen LogP contribution in [0, 0.1) is 0 Å². The molecule has 0 atom stereocenters. The topological polar surface area (TPSA) is 70.7 Å². The zero-order chi connectivity index (χ0) is 18.8. The summed E-state index contributed by atoms with van der Waals surface area (Å²) >= 11 is 0. The Hall–Kier alpha value is -3.02. The van der Waals surface area contributed by atoms with Crippen molar-refractivity contribution < 1.29 is 14.3 Å². The van der Waals surface area contributed by atoms with Gasteiger partial charge in [0.25, 0.3) is 5.91 Å². The van der Waals surface area contributed by atoms with E-state index in [2.05, 4.69) is 10.6 Å². The number of anilines is 1. The Balaban J connectivity index is 1.71. The lowest BCUT2D eigenvalue weighted by atomic mass is 10.2. The van der Waals surface area contributed by atoms with Gasteiger partial charge in [-0.05, 0) is 43.3 Å². The van der Waals surface area contributed by atoms with Gasteiger partial charge in [0, 0.05) is 30.9 Å². The van der Waals surface area contributed by atoms with Crippen LogP contribution in [-0.4, -0.2) is 45.1 Å². The van der Waals surface area contributed by atoms with Crippen molar-refractivity contribution in [1.29, 1.82) is 0 Å². The molecule has 138 valence electrons. The minimum atomic E-state index is -0.179. The fourth-order valence-electron chi connectivity index (χ4n) is 2.48. The van der Waals surface area contributed by atoms with Crippen LogP contribution in [0.5, 0.6) is 5.75 Å². The van der Waals surface area contributed by atoms with Crippen LogP contribution in [0.2, 0.25) is 0 Å². The van der Waals surface area contributed by atoms with E-state index in [1.165, 1.54) is 0 Å². The molecule has 2 rings (SSSR count). The number of rotatable bonds is 9. The Labute approximate surface area is 154 Å². The molecule has 0 aliphatic rings. The lowest BCUT2D eigenvalue weighted by molar-refractivity contribution is -0.119. The van der Waals surface area contributed by atoms with Crippen molar-refractivity contribution in [3.05, 3.63) is 60.2 Å². The molecule has 6 heteroatoms. The average Bonchev–Trinajstić information content (AvgIpc) is 2.70. The number of nitrogens with zero attached hydrogens (tertiary/aromatic N) is 1. The van der Waals surface area contributed by atoms with Crippen LogP contribution in [0.4, 0.5) is 5.69 Å². The first-order valence-electron chi connectivity index (χ1n) is 8.63. The van der Waals surface area contributed by atoms with Crippen LogP contribution < -0.4 is 20.3 Å². The van der Waals surface area contributed by atoms with E-state index in [0.717, 1.165) is 12.2 Å². The van der Waals surface area contributed by atoms with E-state index >= 15 is 0 Å². The normalized spacial score (nSPS) is 10.1. The molecule has 2 amide bonds. The fourth-order valence-corrected chi connectivity index (χ4v) is 2.48. The molecular formula is C20H25N3O3. The molecule has 0 spiro atoms. The van der Waals surface area contributed by atoms with E-state index in [-0.39, 0.29) is 18.4 Å². The predicted molar refractivity (Wildman–Crippen MR) is 103 cm³/mol. The molecule has 0 heterocycles. The Morgan fingerprint density at radius 2 is 1.62 bits per heavy atom. The molecule has 0 aromatic heterocycles. The lowest BCUT2D eigenvalue weighted by Gasteiger charge is -2.22. The van der Waals surface area contributed by atoms with Crippen molar-refractivity contribution in [3.63, 3.8) is 0 Å². The standard InChI is InChI=1S/C20H25N3O3/c1-3-23(17-7-5-4-6-8-17)15-19(24)21-13-14-22-20(25)16-9-11-18(26-2)12-10-16/h4-12H,3,13-15H2,1-2H3,(H,21,24)(H,22,25). The summed E-state index contributed by atoms with van der Waals surface area (Å²) in [5.41, 5.74) is 1.57. The van der Waals surface area contributed by atoms with E-state index in [4.69, 9.17) is 4.74 Å². The van der Waals surface area contributed by atoms with Crippen LogP contribution >= 0.6 is 0 Å². The lowest BCUT2D eigenvalue weighted by Crippen LogP contribution is -2.40. The molecule has 0 saturated heterocycles. The SMILES string of the molecule is CCN(CC(=O)NCCNC(=O)c1ccc(OC)cc1)c1ccccc1. The largest absolute Gasteiger partial charge is 0.497 e. The second kappa shape index (κ2) is 10.1. The van der Waals surface area contributed by atoms with Crippen molar-refractivity contribution in [2.45, 2.75) is 6.92 Å². The van der Waals surface area contributed by atoms with Gasteiger partial charge >= 0.3 is 0 Å². The van der Waals surface area contributed by atoms with Gasteiger partial charge in [0.1, 0.15) is 5.75 Å². The molecule has 0 fully saturated rings. The van der Waals surface area contributed by atoms with Crippen LogP contribution in [0.25, 0.3) is 0 Å². The van der Waals surface area contributed by atoms with Crippen molar-refractivity contribution in [3.8, 4) is 5.75 Å². The molecule has 6 nitrogen and oxygen atoms in total. The predicted octanol–water partition coefficient (Wildman–Crippen LogP) is 2.07. The summed E-state index contributed by atoms with van der Waals surface area (Å²) in [6.07, 6.45) is 0. The van der Waals surface area contributed by atoms with Gasteiger partial charge in [0.15, 0.2) is 0 Å². The highest BCUT2D eigenvalue weighted by atomic mass is 16.5. The summed E-state index contributed by atoms with van der Waals surface area (Å²) in [7, 11) is 1.58. The third-order valence-corrected chi connectivity index (χ3v) is 3.92. The number of nitrogens with one attached hydrogen (secondary N) is 2. The molecule has 26 heavy (non-hydrogen) atoms. The summed E-state index contributed by atoms with van der Waals surface area (Å²) in [5.74, 6) is 0.448. The van der Waals surface area contributed by atoms with Gasteiger partial charge in [0.05, 0.1) is 13.7 Å². The van der Waals surface area contributed by atoms with Crippen molar-refractivity contribution >= 4 is 17.5 Å². The number of amides is 2. The number of hydrogen-bond acceptors (Lipinski definition) is 4. The molecule has 0 aliphatic carbocycles. The van der Waals surface area contributed by atoms with Crippen LogP contribution in [0.3, 0.4) is 0 Å². The number of carbonyl (C=O) groups excluding carboxylic acids is 2. The molecule has 0 saturated carbocycles. The highest BCUT2D eigenvalue weighted by molar-refractivity contribution is 5.94. The second-order valence-electron chi connectivity index (χ2n) is 5.68. The van der Waals surface area contributed by atoms with Crippen molar-refractivity contribution in [2.24, 2.45) is 0 Å². The van der Waals surface area contributed by atoms with Crippen LogP contribution in [0.1, 0.15) is 17.3 Å². The maximum absolute atomic E-state index is 12.1. The Morgan fingerprint density at radius 3 is 2.23 bits per heavy atom. The summed E-state index contributed by atoms with van der Waals surface area (Å²) in [5, 5.41) is 5.61. The molecule has 2 N–H and O–H groups in total. The Morgan fingerprint density at radius 1 is 0.962 bits per heavy atom. The molecule has 0 unspecified atom stereocenters. The van der Waals surface area contributed by atoms with E-state index < -0.39 is 0 Å². The van der Waals surface area contributed by atoms with Gasteiger partial charge in [0.2, 0.25) is 5.91 Å². The second-order valence-corrected chi connectivity index (χ2v) is 5.68. The maximum atomic E-state index is 12.1. The maximum Gasteiger partial charge on any atom is 0.251 e. The van der Waals surface area contributed by atoms with E-state index in [1.807, 2.05) is 42.2 Å². The number of methoxy groups -OCH3 is 1. The summed E-state index contributed by atoms with van der Waals surface area (Å²) < 4.78 is 5.06. The van der Waals surface area contributed by atoms with Crippen molar-refractivity contribution in [1.82, 2.24) is 10.6 Å². The fraction of sp³-hybridized carbons (Fsp3) is 0.300. The summed E-state index contributed by atoms with van der Waals surface area (Å²) in [4.78, 5) is 26.1. The molecule has 0 aliphatic heterocycles. The zero-order valence-electron chi connectivity index (χ0n) is 15.2. The number of carbonyl (C=O) groups is 2. The third-order valence-electron chi connectivity index (χ3n) is 3.92. The van der Waals surface area contributed by atoms with Crippen LogP contribution in [0.15, 0.2) is 54.6 Å². The van der Waals surface area contributed by atoms with Crippen molar-refractivity contribution in [2.75, 3.05) is 38.2 Å². The first kappa shape index (κ1) is 19.3. The van der Waals surface area contributed by atoms with Gasteiger partial charge in [-0.25, -0.2) is 0 Å². The Kier molecular flexibility index (Phi) is 7.49. The monoisotopic (exact) mass is 355 g/mol. The van der Waals surface area contributed by atoms with E-state index in [9.17, 15) is 9.59 Å². The van der Waals surface area contributed by atoms with Crippen LogP contribution in [-0.2, 0) is 4.79 Å². The average molecular weight is 355 g/mol. The molecule has 2 aromatic carbocycles. The smallest absolute Gasteiger partial charge is 0.251 e. The van der Waals surface area contributed by atoms with Gasteiger partial charge in [-0.3, -0.25) is 9.59 Å². The van der Waals surface area contributed by atoms with Gasteiger partial charge < -0.3 is 20.3 Å². The van der Waals surface area contributed by atoms with Gasteiger partial charge in [-0.1, -0.05) is 18.2 Å². The first-order valence-corrected chi connectivity index (χ1v) is 8.63. The van der Waals surface area contributed by atoms with E-state index in [0.29, 0.717) is 24.4 Å².